The molecule has 3 nitrogen and oxygen atoms in total. The average Bonchev–Trinajstić information content (AvgIpc) is 2.72. The number of nitrogens with one attached hydrogen (secondary N) is 1. The van der Waals surface area contributed by atoms with Crippen LogP contribution in [0.15, 0.2) is 18.2 Å². The van der Waals surface area contributed by atoms with Crippen LogP contribution in [-0.4, -0.2) is 22.9 Å². The fourth-order valence-corrected chi connectivity index (χ4v) is 2.74. The van der Waals surface area contributed by atoms with Gasteiger partial charge in [0.2, 0.25) is 0 Å². The Morgan fingerprint density at radius 1 is 1.50 bits per heavy atom. The van der Waals surface area contributed by atoms with E-state index in [1.54, 1.807) is 12.1 Å². The van der Waals surface area contributed by atoms with Crippen LogP contribution in [0.1, 0.15) is 35.2 Å². The Kier molecular flexibility index (Phi) is 4.12. The number of halogens is 1. The molecule has 4 heteroatoms. The number of phenols is 1. The maximum absolute atomic E-state index is 11.9. The number of aryl methyl sites for hydroxylation is 1. The van der Waals surface area contributed by atoms with Gasteiger partial charge in [-0.3, -0.25) is 4.79 Å². The van der Waals surface area contributed by atoms with E-state index in [0.29, 0.717) is 18.0 Å². The van der Waals surface area contributed by atoms with Gasteiger partial charge < -0.3 is 10.4 Å². The number of aromatic hydroxyl groups is 1. The summed E-state index contributed by atoms with van der Waals surface area (Å²) in [4.78, 5) is 11.9. The summed E-state index contributed by atoms with van der Waals surface area (Å²) in [6.45, 7) is 2.51. The molecular formula is C14H18ClNO2. The van der Waals surface area contributed by atoms with Crippen LogP contribution < -0.4 is 5.32 Å². The summed E-state index contributed by atoms with van der Waals surface area (Å²) in [6, 6.07) is 5.07. The molecule has 2 atom stereocenters. The molecule has 2 unspecified atom stereocenters. The van der Waals surface area contributed by atoms with Crippen molar-refractivity contribution in [3.8, 4) is 5.75 Å². The molecule has 0 heterocycles. The lowest BCUT2D eigenvalue weighted by Crippen LogP contribution is -2.28. The maximum Gasteiger partial charge on any atom is 0.255 e. The Morgan fingerprint density at radius 2 is 2.28 bits per heavy atom. The van der Waals surface area contributed by atoms with Gasteiger partial charge in [0.05, 0.1) is 5.56 Å². The lowest BCUT2D eigenvalue weighted by atomic mass is 10.1. The molecule has 1 amide bonds. The predicted octanol–water partition coefficient (Wildman–Crippen LogP) is 2.84. The third-order valence-corrected chi connectivity index (χ3v) is 3.82. The molecule has 1 aromatic rings. The van der Waals surface area contributed by atoms with Crippen LogP contribution in [-0.2, 0) is 0 Å². The Balaban J connectivity index is 1.91. The zero-order valence-corrected chi connectivity index (χ0v) is 11.2. The average molecular weight is 268 g/mol. The van der Waals surface area contributed by atoms with E-state index in [-0.39, 0.29) is 17.0 Å². The first-order chi connectivity index (χ1) is 8.56. The molecule has 1 fully saturated rings. The van der Waals surface area contributed by atoms with Crippen LogP contribution in [0.2, 0.25) is 0 Å². The summed E-state index contributed by atoms with van der Waals surface area (Å²) in [6.07, 6.45) is 3.05. The second-order valence-electron chi connectivity index (χ2n) is 5.01. The summed E-state index contributed by atoms with van der Waals surface area (Å²) in [5.41, 5.74) is 1.27. The van der Waals surface area contributed by atoms with Gasteiger partial charge in [-0.15, -0.1) is 11.6 Å². The first-order valence-corrected chi connectivity index (χ1v) is 6.72. The van der Waals surface area contributed by atoms with E-state index < -0.39 is 0 Å². The first kappa shape index (κ1) is 13.2. The number of phenolic OH excluding ortho intramolecular Hbond substituents is 1. The van der Waals surface area contributed by atoms with Crippen LogP contribution in [0.3, 0.4) is 0 Å². The zero-order chi connectivity index (χ0) is 13.1. The number of hydrogen-bond donors (Lipinski definition) is 2. The van der Waals surface area contributed by atoms with Crippen molar-refractivity contribution in [2.24, 2.45) is 5.92 Å². The number of benzene rings is 1. The Hall–Kier alpha value is -1.22. The van der Waals surface area contributed by atoms with Gasteiger partial charge in [0, 0.05) is 11.9 Å². The van der Waals surface area contributed by atoms with Gasteiger partial charge in [-0.1, -0.05) is 6.07 Å². The standard InChI is InChI=1S/C14H18ClNO2/c1-9-2-5-12(13(17)6-9)14(18)16-8-10-3-4-11(15)7-10/h2,5-6,10-11,17H,3-4,7-8H2,1H3,(H,16,18). The number of hydrogen-bond acceptors (Lipinski definition) is 2. The first-order valence-electron chi connectivity index (χ1n) is 6.28. The zero-order valence-electron chi connectivity index (χ0n) is 10.4. The van der Waals surface area contributed by atoms with Crippen LogP contribution in [0, 0.1) is 12.8 Å². The highest BCUT2D eigenvalue weighted by Crippen LogP contribution is 2.29. The van der Waals surface area contributed by atoms with E-state index in [1.807, 2.05) is 13.0 Å². The maximum atomic E-state index is 11.9. The van der Waals surface area contributed by atoms with Crippen molar-refractivity contribution in [1.29, 1.82) is 0 Å². The summed E-state index contributed by atoms with van der Waals surface area (Å²) in [5.74, 6) is 0.281. The molecule has 0 spiro atoms. The lowest BCUT2D eigenvalue weighted by Gasteiger charge is -2.11. The van der Waals surface area contributed by atoms with Crippen molar-refractivity contribution in [2.75, 3.05) is 6.54 Å². The molecule has 1 aliphatic rings. The topological polar surface area (TPSA) is 49.3 Å². The van der Waals surface area contributed by atoms with E-state index in [2.05, 4.69) is 5.32 Å². The third-order valence-electron chi connectivity index (χ3n) is 3.43. The molecule has 18 heavy (non-hydrogen) atoms. The van der Waals surface area contributed by atoms with Crippen LogP contribution in [0.25, 0.3) is 0 Å². The van der Waals surface area contributed by atoms with Gasteiger partial charge in [-0.05, 0) is 49.8 Å². The minimum absolute atomic E-state index is 0.0362. The van der Waals surface area contributed by atoms with E-state index in [0.717, 1.165) is 24.8 Å². The molecule has 0 aliphatic heterocycles. The number of rotatable bonds is 3. The fourth-order valence-electron chi connectivity index (χ4n) is 2.37. The number of alkyl halides is 1. The molecule has 98 valence electrons. The predicted molar refractivity (Wildman–Crippen MR) is 72.2 cm³/mol. The van der Waals surface area contributed by atoms with Gasteiger partial charge in [-0.25, -0.2) is 0 Å². The van der Waals surface area contributed by atoms with E-state index in [9.17, 15) is 9.90 Å². The van der Waals surface area contributed by atoms with E-state index >= 15 is 0 Å². The summed E-state index contributed by atoms with van der Waals surface area (Å²) in [5, 5.41) is 12.8. The minimum Gasteiger partial charge on any atom is -0.507 e. The van der Waals surface area contributed by atoms with E-state index in [4.69, 9.17) is 11.6 Å². The van der Waals surface area contributed by atoms with Crippen molar-refractivity contribution in [1.82, 2.24) is 5.32 Å². The monoisotopic (exact) mass is 267 g/mol. The van der Waals surface area contributed by atoms with Crippen molar-refractivity contribution in [3.05, 3.63) is 29.3 Å². The molecule has 2 N–H and O–H groups in total. The molecule has 1 saturated carbocycles. The fraction of sp³-hybridized carbons (Fsp3) is 0.500. The van der Waals surface area contributed by atoms with Gasteiger partial charge in [0.15, 0.2) is 0 Å². The van der Waals surface area contributed by atoms with Gasteiger partial charge in [-0.2, -0.15) is 0 Å². The Labute approximate surface area is 112 Å². The smallest absolute Gasteiger partial charge is 0.255 e. The molecule has 1 aliphatic carbocycles. The van der Waals surface area contributed by atoms with E-state index in [1.165, 1.54) is 0 Å². The van der Waals surface area contributed by atoms with Crippen LogP contribution in [0.5, 0.6) is 5.75 Å². The van der Waals surface area contributed by atoms with Crippen LogP contribution in [0.4, 0.5) is 0 Å². The van der Waals surface area contributed by atoms with Crippen molar-refractivity contribution in [3.63, 3.8) is 0 Å². The molecule has 2 rings (SSSR count). The highest BCUT2D eigenvalue weighted by Gasteiger charge is 2.23. The SMILES string of the molecule is Cc1ccc(C(=O)NCC2CCC(Cl)C2)c(O)c1. The molecule has 0 saturated heterocycles. The van der Waals surface area contributed by atoms with Gasteiger partial charge in [0.1, 0.15) is 5.75 Å². The Morgan fingerprint density at radius 3 is 2.89 bits per heavy atom. The summed E-state index contributed by atoms with van der Waals surface area (Å²) in [7, 11) is 0. The highest BCUT2D eigenvalue weighted by molar-refractivity contribution is 6.20. The molecule has 0 bridgehead atoms. The van der Waals surface area contributed by atoms with Gasteiger partial charge >= 0.3 is 0 Å². The quantitative estimate of drug-likeness (QED) is 0.828. The van der Waals surface area contributed by atoms with Gasteiger partial charge in [0.25, 0.3) is 5.91 Å². The molecular weight excluding hydrogens is 250 g/mol. The van der Waals surface area contributed by atoms with Crippen LogP contribution >= 0.6 is 11.6 Å². The number of carbonyl (C=O) groups excluding carboxylic acids is 1. The normalized spacial score (nSPS) is 23.0. The Bertz CT molecular complexity index is 447. The lowest BCUT2D eigenvalue weighted by molar-refractivity contribution is 0.0944. The molecule has 0 aromatic heterocycles. The summed E-state index contributed by atoms with van der Waals surface area (Å²) >= 11 is 6.03. The largest absolute Gasteiger partial charge is 0.507 e. The minimum atomic E-state index is -0.217. The molecule has 1 aromatic carbocycles. The van der Waals surface area contributed by atoms with Crippen molar-refractivity contribution >= 4 is 17.5 Å². The molecule has 0 radical (unpaired) electrons. The highest BCUT2D eigenvalue weighted by atomic mass is 35.5. The third kappa shape index (κ3) is 3.16. The van der Waals surface area contributed by atoms with Crippen molar-refractivity contribution in [2.45, 2.75) is 31.6 Å². The number of amides is 1. The second-order valence-corrected chi connectivity index (χ2v) is 5.62. The number of carbonyl (C=O) groups is 1. The van der Waals surface area contributed by atoms with Crippen molar-refractivity contribution < 1.29 is 9.90 Å². The summed E-state index contributed by atoms with van der Waals surface area (Å²) < 4.78 is 0. The second kappa shape index (κ2) is 5.61.